The molecule has 1 rings (SSSR count). The van der Waals surface area contributed by atoms with Gasteiger partial charge in [-0.3, -0.25) is 4.72 Å². The molecule has 6 nitrogen and oxygen atoms in total. The summed E-state index contributed by atoms with van der Waals surface area (Å²) in [5, 5.41) is 4.94. The number of primary sulfonamides is 1. The molecule has 9 heteroatoms. The standard InChI is InChI=1S/C10H15ClN2O4S2/c1-8(6-11)7-18(14,15)13-9-2-4-10(5-3-9)19(12,16)17/h2-5,8,13H,6-7H2,1H3,(H2,12,16,17). The van der Waals surface area contributed by atoms with Gasteiger partial charge in [-0.2, -0.15) is 0 Å². The highest BCUT2D eigenvalue weighted by atomic mass is 35.5. The Morgan fingerprint density at radius 1 is 1.21 bits per heavy atom. The van der Waals surface area contributed by atoms with Gasteiger partial charge in [-0.25, -0.2) is 22.0 Å². The molecular formula is C10H15ClN2O4S2. The summed E-state index contributed by atoms with van der Waals surface area (Å²) in [4.78, 5) is -0.0791. The van der Waals surface area contributed by atoms with E-state index < -0.39 is 20.0 Å². The molecule has 0 spiro atoms. The van der Waals surface area contributed by atoms with Crippen LogP contribution >= 0.6 is 11.6 Å². The Bertz CT molecular complexity index is 626. The summed E-state index contributed by atoms with van der Waals surface area (Å²) in [5.74, 6) is -0.0403. The molecule has 108 valence electrons. The summed E-state index contributed by atoms with van der Waals surface area (Å²) in [6.45, 7) is 1.72. The van der Waals surface area contributed by atoms with Crippen molar-refractivity contribution >= 4 is 37.3 Å². The van der Waals surface area contributed by atoms with Crippen molar-refractivity contribution in [1.29, 1.82) is 0 Å². The van der Waals surface area contributed by atoms with E-state index in [1.807, 2.05) is 0 Å². The predicted octanol–water partition coefficient (Wildman–Crippen LogP) is 0.951. The number of nitrogens with two attached hydrogens (primary N) is 1. The number of halogens is 1. The molecule has 1 unspecified atom stereocenters. The fraction of sp³-hybridized carbons (Fsp3) is 0.400. The molecule has 0 aliphatic carbocycles. The maximum absolute atomic E-state index is 11.7. The first-order valence-corrected chi connectivity index (χ1v) is 9.06. The molecule has 0 radical (unpaired) electrons. The Hall–Kier alpha value is -0.830. The van der Waals surface area contributed by atoms with Crippen LogP contribution in [0.5, 0.6) is 0 Å². The molecule has 19 heavy (non-hydrogen) atoms. The lowest BCUT2D eigenvalue weighted by Crippen LogP contribution is -2.22. The van der Waals surface area contributed by atoms with Crippen LogP contribution in [0.4, 0.5) is 5.69 Å². The van der Waals surface area contributed by atoms with Crippen LogP contribution in [-0.2, 0) is 20.0 Å². The molecule has 0 fully saturated rings. The molecule has 0 aromatic heterocycles. The second-order valence-electron chi connectivity index (χ2n) is 4.21. The van der Waals surface area contributed by atoms with Crippen molar-refractivity contribution in [1.82, 2.24) is 0 Å². The summed E-state index contributed by atoms with van der Waals surface area (Å²) < 4.78 is 47.9. The Morgan fingerprint density at radius 3 is 2.16 bits per heavy atom. The van der Waals surface area contributed by atoms with Gasteiger partial charge in [0.1, 0.15) is 0 Å². The van der Waals surface area contributed by atoms with Crippen LogP contribution in [0.25, 0.3) is 0 Å². The van der Waals surface area contributed by atoms with Gasteiger partial charge >= 0.3 is 0 Å². The number of hydrogen-bond acceptors (Lipinski definition) is 4. The zero-order chi connectivity index (χ0) is 14.7. The highest BCUT2D eigenvalue weighted by Crippen LogP contribution is 2.15. The lowest BCUT2D eigenvalue weighted by Gasteiger charge is -2.11. The highest BCUT2D eigenvalue weighted by molar-refractivity contribution is 7.92. The van der Waals surface area contributed by atoms with Crippen molar-refractivity contribution in [2.45, 2.75) is 11.8 Å². The zero-order valence-corrected chi connectivity index (χ0v) is 12.6. The number of anilines is 1. The van der Waals surface area contributed by atoms with E-state index in [9.17, 15) is 16.8 Å². The smallest absolute Gasteiger partial charge is 0.238 e. The number of sulfonamides is 2. The number of alkyl halides is 1. The summed E-state index contributed by atoms with van der Waals surface area (Å²) in [7, 11) is -7.29. The minimum Gasteiger partial charge on any atom is -0.284 e. The Balaban J connectivity index is 2.84. The number of nitrogens with one attached hydrogen (secondary N) is 1. The second-order valence-corrected chi connectivity index (χ2v) is 7.85. The molecule has 1 atom stereocenters. The van der Waals surface area contributed by atoms with Crippen LogP contribution in [-0.4, -0.2) is 28.5 Å². The van der Waals surface area contributed by atoms with E-state index in [0.29, 0.717) is 0 Å². The quantitative estimate of drug-likeness (QED) is 0.759. The maximum Gasteiger partial charge on any atom is 0.238 e. The molecule has 0 saturated heterocycles. The van der Waals surface area contributed by atoms with Crippen LogP contribution in [0.15, 0.2) is 29.2 Å². The van der Waals surface area contributed by atoms with Gasteiger partial charge in [0, 0.05) is 11.6 Å². The maximum atomic E-state index is 11.7. The fourth-order valence-corrected chi connectivity index (χ4v) is 3.55. The van der Waals surface area contributed by atoms with Crippen molar-refractivity contribution in [3.63, 3.8) is 0 Å². The number of rotatable bonds is 6. The summed E-state index contributed by atoms with van der Waals surface area (Å²) in [6, 6.07) is 5.14. The SMILES string of the molecule is CC(CCl)CS(=O)(=O)Nc1ccc(S(N)(=O)=O)cc1. The molecule has 0 bridgehead atoms. The molecule has 0 saturated carbocycles. The third-order valence-corrected chi connectivity index (χ3v) is 5.23. The Kier molecular flexibility index (Phi) is 5.19. The lowest BCUT2D eigenvalue weighted by atomic mass is 10.3. The number of hydrogen-bond donors (Lipinski definition) is 2. The second kappa shape index (κ2) is 6.08. The van der Waals surface area contributed by atoms with Crippen molar-refractivity contribution < 1.29 is 16.8 Å². The van der Waals surface area contributed by atoms with Crippen LogP contribution in [0.2, 0.25) is 0 Å². The van der Waals surface area contributed by atoms with E-state index in [-0.39, 0.29) is 28.1 Å². The third-order valence-electron chi connectivity index (χ3n) is 2.22. The molecule has 0 aliphatic rings. The topological polar surface area (TPSA) is 106 Å². The largest absolute Gasteiger partial charge is 0.284 e. The Labute approximate surface area is 118 Å². The molecular weight excluding hydrogens is 312 g/mol. The summed E-state index contributed by atoms with van der Waals surface area (Å²) in [5.41, 5.74) is 0.272. The molecule has 0 heterocycles. The van der Waals surface area contributed by atoms with Crippen LogP contribution in [0.3, 0.4) is 0 Å². The first-order valence-electron chi connectivity index (χ1n) is 5.33. The molecule has 1 aromatic rings. The third kappa shape index (κ3) is 5.35. The monoisotopic (exact) mass is 326 g/mol. The van der Waals surface area contributed by atoms with E-state index in [1.54, 1.807) is 6.92 Å². The van der Waals surface area contributed by atoms with E-state index >= 15 is 0 Å². The van der Waals surface area contributed by atoms with Gasteiger partial charge in [-0.05, 0) is 30.2 Å². The van der Waals surface area contributed by atoms with Gasteiger partial charge < -0.3 is 0 Å². The Morgan fingerprint density at radius 2 is 1.74 bits per heavy atom. The van der Waals surface area contributed by atoms with Crippen molar-refractivity contribution in [3.05, 3.63) is 24.3 Å². The van der Waals surface area contributed by atoms with Gasteiger partial charge in [0.15, 0.2) is 0 Å². The van der Waals surface area contributed by atoms with Gasteiger partial charge in [0.05, 0.1) is 10.6 Å². The minimum atomic E-state index is -3.78. The first-order chi connectivity index (χ1) is 8.64. The highest BCUT2D eigenvalue weighted by Gasteiger charge is 2.15. The van der Waals surface area contributed by atoms with Gasteiger partial charge in [-0.15, -0.1) is 11.6 Å². The molecule has 0 amide bonds. The molecule has 1 aromatic carbocycles. The van der Waals surface area contributed by atoms with Crippen molar-refractivity contribution in [2.75, 3.05) is 16.4 Å². The van der Waals surface area contributed by atoms with E-state index in [4.69, 9.17) is 16.7 Å². The van der Waals surface area contributed by atoms with Crippen LogP contribution < -0.4 is 9.86 Å². The van der Waals surface area contributed by atoms with E-state index in [1.165, 1.54) is 24.3 Å². The summed E-state index contributed by atoms with van der Waals surface area (Å²) >= 11 is 5.56. The van der Waals surface area contributed by atoms with Crippen LogP contribution in [0, 0.1) is 5.92 Å². The zero-order valence-electron chi connectivity index (χ0n) is 10.2. The first kappa shape index (κ1) is 16.2. The predicted molar refractivity (Wildman–Crippen MR) is 75.1 cm³/mol. The van der Waals surface area contributed by atoms with Crippen molar-refractivity contribution in [3.8, 4) is 0 Å². The molecule has 0 aliphatic heterocycles. The molecule has 3 N–H and O–H groups in total. The van der Waals surface area contributed by atoms with Crippen molar-refractivity contribution in [2.24, 2.45) is 11.1 Å². The number of benzene rings is 1. The minimum absolute atomic E-state index is 0.0791. The van der Waals surface area contributed by atoms with E-state index in [2.05, 4.69) is 4.72 Å². The average molecular weight is 327 g/mol. The van der Waals surface area contributed by atoms with Gasteiger partial charge in [-0.1, -0.05) is 6.92 Å². The fourth-order valence-electron chi connectivity index (χ4n) is 1.35. The van der Waals surface area contributed by atoms with Gasteiger partial charge in [0.2, 0.25) is 20.0 Å². The summed E-state index contributed by atoms with van der Waals surface area (Å²) in [6.07, 6.45) is 0. The van der Waals surface area contributed by atoms with E-state index in [0.717, 1.165) is 0 Å². The lowest BCUT2D eigenvalue weighted by molar-refractivity contribution is 0.588. The van der Waals surface area contributed by atoms with Gasteiger partial charge in [0.25, 0.3) is 0 Å². The normalized spacial score (nSPS) is 14.1. The van der Waals surface area contributed by atoms with Crippen LogP contribution in [0.1, 0.15) is 6.92 Å². The average Bonchev–Trinajstić information content (AvgIpc) is 2.27.